The Hall–Kier alpha value is -1.98. The topological polar surface area (TPSA) is 63.4 Å². The van der Waals surface area contributed by atoms with Crippen LogP contribution in [-0.4, -0.2) is 16.8 Å². The van der Waals surface area contributed by atoms with Crippen molar-refractivity contribution in [3.05, 3.63) is 70.2 Å². The summed E-state index contributed by atoms with van der Waals surface area (Å²) >= 11 is 3.27. The van der Waals surface area contributed by atoms with Crippen molar-refractivity contribution in [3.63, 3.8) is 0 Å². The molecule has 0 aromatic heterocycles. The van der Waals surface area contributed by atoms with Crippen LogP contribution in [0.2, 0.25) is 0 Å². The highest BCUT2D eigenvalue weighted by Crippen LogP contribution is 2.12. The van der Waals surface area contributed by atoms with Gasteiger partial charge in [0.05, 0.1) is 0 Å². The lowest BCUT2D eigenvalue weighted by molar-refractivity contribution is 0.0615. The van der Waals surface area contributed by atoms with E-state index in [-0.39, 0.29) is 0 Å². The Morgan fingerprint density at radius 2 is 1.32 bits per heavy atom. The van der Waals surface area contributed by atoms with Crippen LogP contribution in [0.3, 0.4) is 0 Å². The average Bonchev–Trinajstić information content (AvgIpc) is 2.46. The molecule has 2 amide bonds. The summed E-state index contributed by atoms with van der Waals surface area (Å²) in [4.78, 5) is 24.0. The molecule has 0 atom stereocenters. The molecule has 0 bridgehead atoms. The maximum absolute atomic E-state index is 12.0. The lowest BCUT2D eigenvalue weighted by atomic mass is 10.2. The zero-order valence-electron chi connectivity index (χ0n) is 9.92. The van der Waals surface area contributed by atoms with Crippen LogP contribution in [0.25, 0.3) is 0 Å². The molecule has 5 heteroatoms. The first-order valence-corrected chi connectivity index (χ1v) is 6.33. The first-order valence-electron chi connectivity index (χ1n) is 5.53. The molecule has 19 heavy (non-hydrogen) atoms. The molecule has 0 unspecified atom stereocenters. The van der Waals surface area contributed by atoms with E-state index in [1.165, 1.54) is 0 Å². The highest BCUT2D eigenvalue weighted by Gasteiger charge is 2.20. The number of rotatable bonds is 2. The molecule has 0 saturated carbocycles. The SMILES string of the molecule is NN(C(=O)c1ccccc1)C(=O)c1ccc(Br)cc1. The molecular formula is C14H11BrN2O2. The Bertz CT molecular complexity index is 597. The largest absolute Gasteiger partial charge is 0.275 e. The molecule has 0 fully saturated rings. The third kappa shape index (κ3) is 3.07. The number of hydrogen-bond donors (Lipinski definition) is 1. The van der Waals surface area contributed by atoms with Crippen molar-refractivity contribution in [2.24, 2.45) is 5.84 Å². The molecule has 0 aliphatic carbocycles. The lowest BCUT2D eigenvalue weighted by Gasteiger charge is -2.14. The van der Waals surface area contributed by atoms with Gasteiger partial charge in [0.1, 0.15) is 0 Å². The van der Waals surface area contributed by atoms with Gasteiger partial charge in [-0.25, -0.2) is 10.9 Å². The third-order valence-electron chi connectivity index (χ3n) is 2.55. The third-order valence-corrected chi connectivity index (χ3v) is 3.08. The second kappa shape index (κ2) is 5.77. The van der Waals surface area contributed by atoms with Crippen LogP contribution >= 0.6 is 15.9 Å². The number of carbonyl (C=O) groups excluding carboxylic acids is 2. The van der Waals surface area contributed by atoms with Crippen LogP contribution < -0.4 is 5.84 Å². The summed E-state index contributed by atoms with van der Waals surface area (Å²) in [5.41, 5.74) is 0.727. The molecule has 0 aliphatic rings. The summed E-state index contributed by atoms with van der Waals surface area (Å²) in [5, 5.41) is 0.624. The monoisotopic (exact) mass is 318 g/mol. The molecule has 4 nitrogen and oxygen atoms in total. The summed E-state index contributed by atoms with van der Waals surface area (Å²) < 4.78 is 0.849. The van der Waals surface area contributed by atoms with Crippen molar-refractivity contribution in [1.82, 2.24) is 5.01 Å². The summed E-state index contributed by atoms with van der Waals surface area (Å²) in [5.74, 6) is 4.51. The van der Waals surface area contributed by atoms with Gasteiger partial charge in [0.25, 0.3) is 11.8 Å². The Balaban J connectivity index is 2.20. The van der Waals surface area contributed by atoms with Gasteiger partial charge in [0, 0.05) is 15.6 Å². The fourth-order valence-corrected chi connectivity index (χ4v) is 1.81. The predicted octanol–water partition coefficient (Wildman–Crippen LogP) is 2.61. The highest BCUT2D eigenvalue weighted by atomic mass is 79.9. The molecule has 0 aliphatic heterocycles. The van der Waals surface area contributed by atoms with E-state index in [1.807, 2.05) is 0 Å². The van der Waals surface area contributed by atoms with Crippen LogP contribution in [0.1, 0.15) is 20.7 Å². The maximum atomic E-state index is 12.0. The molecule has 0 saturated heterocycles. The molecular weight excluding hydrogens is 308 g/mol. The van der Waals surface area contributed by atoms with Crippen molar-refractivity contribution in [1.29, 1.82) is 0 Å². The molecule has 0 heterocycles. The van der Waals surface area contributed by atoms with Crippen molar-refractivity contribution in [2.45, 2.75) is 0 Å². The van der Waals surface area contributed by atoms with E-state index in [4.69, 9.17) is 5.84 Å². The van der Waals surface area contributed by atoms with Crippen LogP contribution in [0.4, 0.5) is 0 Å². The fraction of sp³-hybridized carbons (Fsp3) is 0. The number of nitrogens with zero attached hydrogens (tertiary/aromatic N) is 1. The number of carbonyl (C=O) groups is 2. The number of imide groups is 1. The quantitative estimate of drug-likeness (QED) is 0.400. The number of hydrazine groups is 1. The number of hydrogen-bond acceptors (Lipinski definition) is 3. The van der Waals surface area contributed by atoms with Crippen molar-refractivity contribution >= 4 is 27.7 Å². The Labute approximate surface area is 118 Å². The van der Waals surface area contributed by atoms with E-state index in [0.29, 0.717) is 16.1 Å². The molecule has 2 aromatic carbocycles. The first kappa shape index (κ1) is 13.5. The lowest BCUT2D eigenvalue weighted by Crippen LogP contribution is -2.42. The predicted molar refractivity (Wildman–Crippen MR) is 75.3 cm³/mol. The Kier molecular flexibility index (Phi) is 4.09. The van der Waals surface area contributed by atoms with Gasteiger partial charge in [-0.1, -0.05) is 34.1 Å². The number of nitrogens with two attached hydrogens (primary N) is 1. The molecule has 2 rings (SSSR count). The van der Waals surface area contributed by atoms with Crippen LogP contribution in [-0.2, 0) is 0 Å². The van der Waals surface area contributed by atoms with Crippen LogP contribution in [0.15, 0.2) is 59.1 Å². The molecule has 0 spiro atoms. The summed E-state index contributed by atoms with van der Waals surface area (Å²) in [7, 11) is 0. The van der Waals surface area contributed by atoms with E-state index in [9.17, 15) is 9.59 Å². The minimum atomic E-state index is -0.540. The standard InChI is InChI=1S/C14H11BrN2O2/c15-12-8-6-11(7-9-12)14(19)17(16)13(18)10-4-2-1-3-5-10/h1-9H,16H2. The number of amides is 2. The van der Waals surface area contributed by atoms with E-state index in [1.54, 1.807) is 54.6 Å². The van der Waals surface area contributed by atoms with Gasteiger partial charge in [0.2, 0.25) is 0 Å². The molecule has 96 valence electrons. The second-order valence-corrected chi connectivity index (χ2v) is 4.77. The summed E-state index contributed by atoms with van der Waals surface area (Å²) in [6.07, 6.45) is 0. The first-order chi connectivity index (χ1) is 9.09. The fourth-order valence-electron chi connectivity index (χ4n) is 1.54. The normalized spacial score (nSPS) is 10.0. The van der Waals surface area contributed by atoms with Crippen molar-refractivity contribution in [2.75, 3.05) is 0 Å². The van der Waals surface area contributed by atoms with Crippen LogP contribution in [0, 0.1) is 0 Å². The smallest absolute Gasteiger partial charge is 0.267 e. The van der Waals surface area contributed by atoms with Gasteiger partial charge in [-0.15, -0.1) is 0 Å². The molecule has 2 aromatic rings. The Morgan fingerprint density at radius 3 is 1.84 bits per heavy atom. The van der Waals surface area contributed by atoms with Gasteiger partial charge in [-0.3, -0.25) is 9.59 Å². The zero-order valence-corrected chi connectivity index (χ0v) is 11.5. The second-order valence-electron chi connectivity index (χ2n) is 3.85. The highest BCUT2D eigenvalue weighted by molar-refractivity contribution is 9.10. The average molecular weight is 319 g/mol. The minimum Gasteiger partial charge on any atom is -0.267 e. The van der Waals surface area contributed by atoms with Crippen LogP contribution in [0.5, 0.6) is 0 Å². The summed E-state index contributed by atoms with van der Waals surface area (Å²) in [6.45, 7) is 0. The van der Waals surface area contributed by atoms with Gasteiger partial charge in [-0.2, -0.15) is 0 Å². The van der Waals surface area contributed by atoms with Gasteiger partial charge < -0.3 is 0 Å². The van der Waals surface area contributed by atoms with E-state index < -0.39 is 11.8 Å². The molecule has 0 radical (unpaired) electrons. The van der Waals surface area contributed by atoms with Crippen molar-refractivity contribution < 1.29 is 9.59 Å². The summed E-state index contributed by atoms with van der Waals surface area (Å²) in [6, 6.07) is 15.1. The Morgan fingerprint density at radius 1 is 0.842 bits per heavy atom. The number of benzene rings is 2. The molecule has 2 N–H and O–H groups in total. The van der Waals surface area contributed by atoms with E-state index in [0.717, 1.165) is 4.47 Å². The van der Waals surface area contributed by atoms with Crippen molar-refractivity contribution in [3.8, 4) is 0 Å². The van der Waals surface area contributed by atoms with Gasteiger partial charge >= 0.3 is 0 Å². The van der Waals surface area contributed by atoms with E-state index >= 15 is 0 Å². The number of halogens is 1. The minimum absolute atomic E-state index is 0.356. The maximum Gasteiger partial charge on any atom is 0.275 e. The zero-order chi connectivity index (χ0) is 13.8. The van der Waals surface area contributed by atoms with Gasteiger partial charge in [0.15, 0.2) is 0 Å². The van der Waals surface area contributed by atoms with E-state index in [2.05, 4.69) is 15.9 Å². The van der Waals surface area contributed by atoms with Gasteiger partial charge in [-0.05, 0) is 36.4 Å².